The van der Waals surface area contributed by atoms with Crippen molar-refractivity contribution in [3.05, 3.63) is 40.5 Å². The minimum Gasteiger partial charge on any atom is -0.248 e. The number of thiazole rings is 1. The molecule has 2 aromatic rings. The van der Waals surface area contributed by atoms with Crippen LogP contribution in [-0.4, -0.2) is 4.98 Å². The predicted octanol–water partition coefficient (Wildman–Crippen LogP) is 4.76. The van der Waals surface area contributed by atoms with E-state index in [4.69, 9.17) is 11.6 Å². The van der Waals surface area contributed by atoms with E-state index >= 15 is 0 Å². The normalized spacial score (nSPS) is 11.8. The van der Waals surface area contributed by atoms with Gasteiger partial charge in [-0.2, -0.15) is 0 Å². The van der Waals surface area contributed by atoms with Crippen molar-refractivity contribution in [3.8, 4) is 10.4 Å². The van der Waals surface area contributed by atoms with Crippen LogP contribution in [0.5, 0.6) is 0 Å². The van der Waals surface area contributed by atoms with Gasteiger partial charge in [0.05, 0.1) is 9.88 Å². The number of nitrogens with zero attached hydrogens (tertiary/aromatic N) is 1. The van der Waals surface area contributed by atoms with Crippen LogP contribution in [0.2, 0.25) is 5.02 Å². The molecule has 0 aliphatic rings. The van der Waals surface area contributed by atoms with Crippen molar-refractivity contribution in [1.29, 1.82) is 0 Å². The standard InChI is InChI=1S/C13H14ClNS/c1-13(2,3)12-15-8-11(16-12)9-4-6-10(14)7-5-9/h4-8H,1-3H3. The Morgan fingerprint density at radius 1 is 1.12 bits per heavy atom. The summed E-state index contributed by atoms with van der Waals surface area (Å²) in [7, 11) is 0. The zero-order valence-corrected chi connectivity index (χ0v) is 11.2. The number of rotatable bonds is 1. The summed E-state index contributed by atoms with van der Waals surface area (Å²) in [6, 6.07) is 7.88. The summed E-state index contributed by atoms with van der Waals surface area (Å²) in [6.45, 7) is 6.53. The van der Waals surface area contributed by atoms with Crippen molar-refractivity contribution in [2.75, 3.05) is 0 Å². The number of halogens is 1. The van der Waals surface area contributed by atoms with Crippen molar-refractivity contribution in [3.63, 3.8) is 0 Å². The summed E-state index contributed by atoms with van der Waals surface area (Å²) in [5, 5.41) is 1.93. The number of aromatic nitrogens is 1. The first-order valence-electron chi connectivity index (χ1n) is 5.19. The number of hydrogen-bond acceptors (Lipinski definition) is 2. The summed E-state index contributed by atoms with van der Waals surface area (Å²) >= 11 is 7.61. The Balaban J connectivity index is 2.35. The van der Waals surface area contributed by atoms with Crippen LogP contribution in [0, 0.1) is 0 Å². The molecule has 0 bridgehead atoms. The first-order chi connectivity index (χ1) is 7.47. The van der Waals surface area contributed by atoms with E-state index in [1.165, 1.54) is 10.4 Å². The van der Waals surface area contributed by atoms with Crippen LogP contribution in [0.1, 0.15) is 25.8 Å². The van der Waals surface area contributed by atoms with Gasteiger partial charge in [-0.3, -0.25) is 0 Å². The second kappa shape index (κ2) is 4.19. The van der Waals surface area contributed by atoms with E-state index in [2.05, 4.69) is 25.8 Å². The maximum atomic E-state index is 5.86. The van der Waals surface area contributed by atoms with E-state index in [9.17, 15) is 0 Å². The molecule has 0 saturated carbocycles. The van der Waals surface area contributed by atoms with Gasteiger partial charge in [0, 0.05) is 16.6 Å². The highest BCUT2D eigenvalue weighted by Gasteiger charge is 2.18. The van der Waals surface area contributed by atoms with Crippen LogP contribution in [0.25, 0.3) is 10.4 Å². The first-order valence-corrected chi connectivity index (χ1v) is 6.38. The molecule has 0 spiro atoms. The Kier molecular flexibility index (Phi) is 3.04. The van der Waals surface area contributed by atoms with Crippen LogP contribution >= 0.6 is 22.9 Å². The predicted molar refractivity (Wildman–Crippen MR) is 71.3 cm³/mol. The minimum absolute atomic E-state index is 0.120. The summed E-state index contributed by atoms with van der Waals surface area (Å²) in [5.41, 5.74) is 1.30. The van der Waals surface area contributed by atoms with Gasteiger partial charge in [-0.05, 0) is 17.7 Å². The highest BCUT2D eigenvalue weighted by molar-refractivity contribution is 7.15. The van der Waals surface area contributed by atoms with Gasteiger partial charge < -0.3 is 0 Å². The third-order valence-corrected chi connectivity index (χ3v) is 4.00. The first kappa shape index (κ1) is 11.6. The highest BCUT2D eigenvalue weighted by atomic mass is 35.5. The van der Waals surface area contributed by atoms with Gasteiger partial charge in [0.25, 0.3) is 0 Å². The molecule has 0 radical (unpaired) electrons. The molecule has 1 heterocycles. The van der Waals surface area contributed by atoms with E-state index in [-0.39, 0.29) is 5.41 Å². The van der Waals surface area contributed by atoms with Crippen LogP contribution in [0.4, 0.5) is 0 Å². The molecule has 1 aromatic carbocycles. The molecule has 1 aromatic heterocycles. The fraction of sp³-hybridized carbons (Fsp3) is 0.308. The average molecular weight is 252 g/mol. The van der Waals surface area contributed by atoms with Crippen molar-refractivity contribution in [1.82, 2.24) is 4.98 Å². The Hall–Kier alpha value is -0.860. The molecule has 0 aliphatic carbocycles. The molecule has 84 valence electrons. The molecular formula is C13H14ClNS. The molecule has 16 heavy (non-hydrogen) atoms. The van der Waals surface area contributed by atoms with E-state index in [0.717, 1.165) is 10.0 Å². The van der Waals surface area contributed by atoms with E-state index in [1.54, 1.807) is 11.3 Å². The Bertz CT molecular complexity index is 479. The minimum atomic E-state index is 0.120. The van der Waals surface area contributed by atoms with Gasteiger partial charge in [-0.25, -0.2) is 4.98 Å². The van der Waals surface area contributed by atoms with Crippen LogP contribution in [0.3, 0.4) is 0 Å². The van der Waals surface area contributed by atoms with Crippen LogP contribution in [0.15, 0.2) is 30.5 Å². The molecule has 0 unspecified atom stereocenters. The molecule has 0 amide bonds. The van der Waals surface area contributed by atoms with E-state index in [1.807, 2.05) is 30.5 Å². The fourth-order valence-corrected chi connectivity index (χ4v) is 2.47. The SMILES string of the molecule is CC(C)(C)c1ncc(-c2ccc(Cl)cc2)s1. The highest BCUT2D eigenvalue weighted by Crippen LogP contribution is 2.32. The van der Waals surface area contributed by atoms with Crippen LogP contribution < -0.4 is 0 Å². The van der Waals surface area contributed by atoms with Gasteiger partial charge in [-0.1, -0.05) is 44.5 Å². The van der Waals surface area contributed by atoms with Gasteiger partial charge in [0.15, 0.2) is 0 Å². The lowest BCUT2D eigenvalue weighted by molar-refractivity contribution is 0.585. The molecule has 1 nitrogen and oxygen atoms in total. The van der Waals surface area contributed by atoms with Crippen molar-refractivity contribution in [2.45, 2.75) is 26.2 Å². The Morgan fingerprint density at radius 2 is 1.75 bits per heavy atom. The Labute approximate surface area is 105 Å². The topological polar surface area (TPSA) is 12.9 Å². The van der Waals surface area contributed by atoms with Crippen LogP contribution in [-0.2, 0) is 5.41 Å². The summed E-state index contributed by atoms with van der Waals surface area (Å²) in [6.07, 6.45) is 1.94. The Morgan fingerprint density at radius 3 is 2.25 bits per heavy atom. The summed E-state index contributed by atoms with van der Waals surface area (Å²) in [4.78, 5) is 5.67. The maximum Gasteiger partial charge on any atom is 0.0984 e. The van der Waals surface area contributed by atoms with Crippen molar-refractivity contribution >= 4 is 22.9 Å². The number of hydrogen-bond donors (Lipinski definition) is 0. The lowest BCUT2D eigenvalue weighted by atomic mass is 9.98. The molecular weight excluding hydrogens is 238 g/mol. The molecule has 0 N–H and O–H groups in total. The molecule has 3 heteroatoms. The second-order valence-electron chi connectivity index (χ2n) is 4.79. The smallest absolute Gasteiger partial charge is 0.0984 e. The average Bonchev–Trinajstić information content (AvgIpc) is 2.67. The van der Waals surface area contributed by atoms with Crippen molar-refractivity contribution in [2.24, 2.45) is 0 Å². The molecule has 0 saturated heterocycles. The van der Waals surface area contributed by atoms with Crippen molar-refractivity contribution < 1.29 is 0 Å². The fourth-order valence-electron chi connectivity index (χ4n) is 1.37. The van der Waals surface area contributed by atoms with E-state index < -0.39 is 0 Å². The zero-order valence-electron chi connectivity index (χ0n) is 9.62. The number of benzene rings is 1. The molecule has 0 fully saturated rings. The van der Waals surface area contributed by atoms with Gasteiger partial charge in [-0.15, -0.1) is 11.3 Å². The third-order valence-electron chi connectivity index (χ3n) is 2.28. The molecule has 2 rings (SSSR count). The summed E-state index contributed by atoms with van der Waals surface area (Å²) < 4.78 is 0. The molecule has 0 aliphatic heterocycles. The quantitative estimate of drug-likeness (QED) is 0.712. The molecule has 0 atom stereocenters. The van der Waals surface area contributed by atoms with Gasteiger partial charge in [0.2, 0.25) is 0 Å². The monoisotopic (exact) mass is 251 g/mol. The van der Waals surface area contributed by atoms with E-state index in [0.29, 0.717) is 0 Å². The third kappa shape index (κ3) is 2.45. The zero-order chi connectivity index (χ0) is 11.8. The van der Waals surface area contributed by atoms with Gasteiger partial charge in [0.1, 0.15) is 0 Å². The summed E-state index contributed by atoms with van der Waals surface area (Å²) in [5.74, 6) is 0. The van der Waals surface area contributed by atoms with Gasteiger partial charge >= 0.3 is 0 Å². The largest absolute Gasteiger partial charge is 0.248 e. The lowest BCUT2D eigenvalue weighted by Gasteiger charge is -2.13. The second-order valence-corrected chi connectivity index (χ2v) is 6.25. The maximum absolute atomic E-state index is 5.86. The lowest BCUT2D eigenvalue weighted by Crippen LogP contribution is -2.09.